The van der Waals surface area contributed by atoms with Gasteiger partial charge in [0.1, 0.15) is 5.82 Å². The lowest BCUT2D eigenvalue weighted by Crippen LogP contribution is -2.56. The number of carbonyl (C=O) groups is 1. The van der Waals surface area contributed by atoms with Crippen molar-refractivity contribution >= 4 is 11.6 Å². The van der Waals surface area contributed by atoms with Crippen LogP contribution in [0.4, 0.5) is 10.1 Å². The molecule has 3 aliphatic rings. The van der Waals surface area contributed by atoms with Gasteiger partial charge in [0, 0.05) is 50.5 Å². The zero-order chi connectivity index (χ0) is 18.1. The van der Waals surface area contributed by atoms with Crippen LogP contribution in [0.1, 0.15) is 26.2 Å². The van der Waals surface area contributed by atoms with E-state index in [1.165, 1.54) is 12.1 Å². The second kappa shape index (κ2) is 7.53. The molecule has 5 nitrogen and oxygen atoms in total. The number of hydrogen-bond acceptors (Lipinski definition) is 4. The number of rotatable bonds is 3. The predicted molar refractivity (Wildman–Crippen MR) is 101 cm³/mol. The number of amides is 1. The van der Waals surface area contributed by atoms with Crippen molar-refractivity contribution in [2.45, 2.75) is 44.3 Å². The minimum atomic E-state index is -0.201. The van der Waals surface area contributed by atoms with Crippen molar-refractivity contribution in [1.82, 2.24) is 15.1 Å². The van der Waals surface area contributed by atoms with E-state index in [2.05, 4.69) is 26.9 Å². The molecule has 1 N–H and O–H groups in total. The minimum absolute atomic E-state index is 0.0634. The second-order valence-corrected chi connectivity index (χ2v) is 7.80. The molecule has 26 heavy (non-hydrogen) atoms. The van der Waals surface area contributed by atoms with Gasteiger partial charge in [0.05, 0.1) is 6.04 Å². The van der Waals surface area contributed by atoms with Crippen molar-refractivity contribution in [3.8, 4) is 0 Å². The maximum atomic E-state index is 13.2. The van der Waals surface area contributed by atoms with Crippen molar-refractivity contribution in [2.24, 2.45) is 0 Å². The molecule has 4 rings (SSSR count). The van der Waals surface area contributed by atoms with E-state index < -0.39 is 0 Å². The van der Waals surface area contributed by atoms with Crippen LogP contribution in [-0.4, -0.2) is 73.1 Å². The lowest BCUT2D eigenvalue weighted by atomic mass is 10.1. The van der Waals surface area contributed by atoms with E-state index >= 15 is 0 Å². The summed E-state index contributed by atoms with van der Waals surface area (Å²) >= 11 is 0. The third-order valence-electron chi connectivity index (χ3n) is 6.32. The summed E-state index contributed by atoms with van der Waals surface area (Å²) in [5.41, 5.74) is 1.06. The molecule has 0 radical (unpaired) electrons. The van der Waals surface area contributed by atoms with Crippen LogP contribution in [0.5, 0.6) is 0 Å². The lowest BCUT2D eigenvalue weighted by Gasteiger charge is -2.40. The monoisotopic (exact) mass is 360 g/mol. The van der Waals surface area contributed by atoms with Gasteiger partial charge in [-0.2, -0.15) is 0 Å². The summed E-state index contributed by atoms with van der Waals surface area (Å²) in [4.78, 5) is 20.0. The molecule has 3 fully saturated rings. The van der Waals surface area contributed by atoms with Crippen LogP contribution in [0.25, 0.3) is 0 Å². The first-order valence-corrected chi connectivity index (χ1v) is 9.91. The molecule has 142 valence electrons. The van der Waals surface area contributed by atoms with Crippen LogP contribution in [0.3, 0.4) is 0 Å². The average molecular weight is 360 g/mol. The Morgan fingerprint density at radius 1 is 1.08 bits per heavy atom. The van der Waals surface area contributed by atoms with Gasteiger partial charge in [-0.1, -0.05) is 0 Å². The summed E-state index contributed by atoms with van der Waals surface area (Å²) in [7, 11) is 0. The van der Waals surface area contributed by atoms with E-state index in [1.54, 1.807) is 0 Å². The summed E-state index contributed by atoms with van der Waals surface area (Å²) in [5.74, 6) is 0.101. The van der Waals surface area contributed by atoms with Gasteiger partial charge in [-0.05, 0) is 57.0 Å². The van der Waals surface area contributed by atoms with Gasteiger partial charge in [0.15, 0.2) is 0 Å². The Labute approximate surface area is 155 Å². The molecule has 1 aromatic rings. The first kappa shape index (κ1) is 17.7. The first-order valence-electron chi connectivity index (χ1n) is 9.91. The van der Waals surface area contributed by atoms with E-state index in [9.17, 15) is 9.18 Å². The summed E-state index contributed by atoms with van der Waals surface area (Å²) in [6.07, 6.45) is 3.37. The van der Waals surface area contributed by atoms with E-state index in [0.29, 0.717) is 18.0 Å². The fourth-order valence-corrected chi connectivity index (χ4v) is 4.73. The number of anilines is 1. The maximum Gasteiger partial charge on any atom is 0.240 e. The standard InChI is InChI=1S/C20H29FN4O/c1-15(20(26)25-18-6-7-19(25)14-22-9-8-18)23-10-12-24(13-11-23)17-4-2-16(21)3-5-17/h2-5,15,18-19,22H,6-14H2,1H3. The van der Waals surface area contributed by atoms with Crippen molar-refractivity contribution in [3.05, 3.63) is 30.1 Å². The molecule has 3 heterocycles. The molecule has 6 heteroatoms. The van der Waals surface area contributed by atoms with Crippen LogP contribution in [0, 0.1) is 5.82 Å². The first-order chi connectivity index (χ1) is 12.6. The normalized spacial score (nSPS) is 28.1. The van der Waals surface area contributed by atoms with E-state index in [0.717, 1.165) is 64.2 Å². The third-order valence-corrected chi connectivity index (χ3v) is 6.32. The summed E-state index contributed by atoms with van der Waals surface area (Å²) in [6, 6.07) is 7.42. The number of nitrogens with one attached hydrogen (secondary N) is 1. The van der Waals surface area contributed by atoms with Gasteiger partial charge in [0.25, 0.3) is 0 Å². The Kier molecular flexibility index (Phi) is 5.14. The summed E-state index contributed by atoms with van der Waals surface area (Å²) < 4.78 is 13.1. The highest BCUT2D eigenvalue weighted by Gasteiger charge is 2.40. The molecular weight excluding hydrogens is 331 g/mol. The Hall–Kier alpha value is -1.66. The molecule has 3 saturated heterocycles. The van der Waals surface area contributed by atoms with E-state index in [1.807, 2.05) is 12.1 Å². The largest absolute Gasteiger partial charge is 0.369 e. The smallest absolute Gasteiger partial charge is 0.240 e. The fourth-order valence-electron chi connectivity index (χ4n) is 4.73. The molecule has 3 aliphatic heterocycles. The van der Waals surface area contributed by atoms with Gasteiger partial charge in [-0.3, -0.25) is 9.69 Å². The predicted octanol–water partition coefficient (Wildman–Crippen LogP) is 1.69. The molecule has 2 bridgehead atoms. The van der Waals surface area contributed by atoms with E-state index in [4.69, 9.17) is 0 Å². The van der Waals surface area contributed by atoms with Gasteiger partial charge in [-0.25, -0.2) is 4.39 Å². The molecule has 0 aromatic heterocycles. The quantitative estimate of drug-likeness (QED) is 0.890. The number of nitrogens with zero attached hydrogens (tertiary/aromatic N) is 3. The number of hydrogen-bond donors (Lipinski definition) is 1. The molecule has 1 aromatic carbocycles. The SMILES string of the molecule is CC(C(=O)N1C2CCNCC1CC2)N1CCN(c2ccc(F)cc2)CC1. The zero-order valence-corrected chi connectivity index (χ0v) is 15.5. The van der Waals surface area contributed by atoms with Gasteiger partial charge < -0.3 is 15.1 Å². The van der Waals surface area contributed by atoms with Crippen LogP contribution in [-0.2, 0) is 4.79 Å². The molecule has 0 saturated carbocycles. The van der Waals surface area contributed by atoms with Gasteiger partial charge >= 0.3 is 0 Å². The molecule has 3 atom stereocenters. The Morgan fingerprint density at radius 3 is 2.50 bits per heavy atom. The van der Waals surface area contributed by atoms with Crippen LogP contribution < -0.4 is 10.2 Å². The van der Waals surface area contributed by atoms with Crippen LogP contribution in [0.15, 0.2) is 24.3 Å². The molecule has 1 amide bonds. The average Bonchev–Trinajstić information content (AvgIpc) is 2.94. The fraction of sp³-hybridized carbons (Fsp3) is 0.650. The van der Waals surface area contributed by atoms with E-state index in [-0.39, 0.29) is 11.9 Å². The Bertz CT molecular complexity index is 615. The molecular formula is C20H29FN4O. The van der Waals surface area contributed by atoms with Gasteiger partial charge in [0.2, 0.25) is 5.91 Å². The zero-order valence-electron chi connectivity index (χ0n) is 15.5. The van der Waals surface area contributed by atoms with Crippen LogP contribution >= 0.6 is 0 Å². The number of carbonyl (C=O) groups excluding carboxylic acids is 1. The minimum Gasteiger partial charge on any atom is -0.369 e. The van der Waals surface area contributed by atoms with Crippen LogP contribution in [0.2, 0.25) is 0 Å². The highest BCUT2D eigenvalue weighted by molar-refractivity contribution is 5.82. The van der Waals surface area contributed by atoms with Crippen molar-refractivity contribution < 1.29 is 9.18 Å². The number of benzene rings is 1. The van der Waals surface area contributed by atoms with Crippen molar-refractivity contribution in [1.29, 1.82) is 0 Å². The Balaban J connectivity index is 1.36. The summed E-state index contributed by atoms with van der Waals surface area (Å²) in [5, 5.41) is 3.47. The van der Waals surface area contributed by atoms with Gasteiger partial charge in [-0.15, -0.1) is 0 Å². The lowest BCUT2D eigenvalue weighted by molar-refractivity contribution is -0.139. The maximum absolute atomic E-state index is 13.2. The molecule has 0 aliphatic carbocycles. The highest BCUT2D eigenvalue weighted by atomic mass is 19.1. The summed E-state index contributed by atoms with van der Waals surface area (Å²) in [6.45, 7) is 7.50. The molecule has 3 unspecified atom stereocenters. The van der Waals surface area contributed by atoms with Crippen molar-refractivity contribution in [3.63, 3.8) is 0 Å². The van der Waals surface area contributed by atoms with Crippen molar-refractivity contribution in [2.75, 3.05) is 44.2 Å². The highest BCUT2D eigenvalue weighted by Crippen LogP contribution is 2.29. The number of halogens is 1. The third kappa shape index (κ3) is 3.45. The number of piperazine rings is 1. The topological polar surface area (TPSA) is 38.8 Å². The molecule has 0 spiro atoms. The number of fused-ring (bicyclic) bond motifs is 2. The second-order valence-electron chi connectivity index (χ2n) is 7.80. The Morgan fingerprint density at radius 2 is 1.77 bits per heavy atom.